The summed E-state index contributed by atoms with van der Waals surface area (Å²) in [5.74, 6) is -0.000774. The van der Waals surface area contributed by atoms with Crippen LogP contribution in [0.4, 0.5) is 0 Å². The highest BCUT2D eigenvalue weighted by atomic mass is 32.2. The van der Waals surface area contributed by atoms with Gasteiger partial charge in [0, 0.05) is 32.5 Å². The van der Waals surface area contributed by atoms with Crippen molar-refractivity contribution in [1.29, 1.82) is 0 Å². The van der Waals surface area contributed by atoms with E-state index in [1.54, 1.807) is 31.4 Å². The number of benzene rings is 1. The van der Waals surface area contributed by atoms with E-state index in [2.05, 4.69) is 60.9 Å². The van der Waals surface area contributed by atoms with E-state index < -0.39 is 24.3 Å². The molecule has 0 aromatic heterocycles. The fourth-order valence-corrected chi connectivity index (χ4v) is 10.3. The van der Waals surface area contributed by atoms with Gasteiger partial charge >= 0.3 is 0 Å². The molecule has 282 valence electrons. The molecule has 8 nitrogen and oxygen atoms in total. The average Bonchev–Trinajstić information content (AvgIpc) is 3.57. The van der Waals surface area contributed by atoms with E-state index in [-0.39, 0.29) is 65.2 Å². The van der Waals surface area contributed by atoms with Crippen LogP contribution in [0.3, 0.4) is 0 Å². The lowest BCUT2D eigenvalue weighted by molar-refractivity contribution is -0.108. The molecule has 3 aliphatic rings. The van der Waals surface area contributed by atoms with Gasteiger partial charge in [0.1, 0.15) is 6.29 Å². The molecule has 10 atom stereocenters. The van der Waals surface area contributed by atoms with Crippen LogP contribution in [0.25, 0.3) is 0 Å². The summed E-state index contributed by atoms with van der Waals surface area (Å²) in [7, 11) is -3.87. The predicted molar refractivity (Wildman–Crippen MR) is 202 cm³/mol. The van der Waals surface area contributed by atoms with Crippen molar-refractivity contribution in [2.75, 3.05) is 19.5 Å². The molecule has 0 aliphatic carbocycles. The van der Waals surface area contributed by atoms with Crippen molar-refractivity contribution in [1.82, 2.24) is 0 Å². The number of hydrogen-bond acceptors (Lipinski definition) is 8. The zero-order valence-electron chi connectivity index (χ0n) is 31.9. The fraction of sp³-hybridized carbons (Fsp3) is 0.725. The lowest BCUT2D eigenvalue weighted by atomic mass is 9.83. The van der Waals surface area contributed by atoms with E-state index in [0.717, 1.165) is 49.5 Å². The van der Waals surface area contributed by atoms with Crippen molar-refractivity contribution in [3.8, 4) is 0 Å². The van der Waals surface area contributed by atoms with Gasteiger partial charge in [0.25, 0.3) is 0 Å². The van der Waals surface area contributed by atoms with Crippen LogP contribution in [-0.4, -0.2) is 85.2 Å². The fourth-order valence-electron chi connectivity index (χ4n) is 7.52. The molecule has 0 radical (unpaired) electrons. The lowest BCUT2D eigenvalue weighted by Gasteiger charge is -2.38. The third-order valence-electron chi connectivity index (χ3n) is 11.7. The maximum absolute atomic E-state index is 13.8. The topological polar surface area (TPSA) is 97.4 Å². The van der Waals surface area contributed by atoms with E-state index in [9.17, 15) is 13.2 Å². The molecule has 3 aliphatic heterocycles. The van der Waals surface area contributed by atoms with E-state index in [1.165, 1.54) is 0 Å². The highest BCUT2D eigenvalue weighted by molar-refractivity contribution is 7.91. The molecule has 0 amide bonds. The number of methoxy groups -OCH3 is 1. The molecule has 4 rings (SSSR count). The second kappa shape index (κ2) is 17.4. The maximum atomic E-state index is 13.8. The van der Waals surface area contributed by atoms with Gasteiger partial charge in [0.15, 0.2) is 18.2 Å². The van der Waals surface area contributed by atoms with Gasteiger partial charge in [0.2, 0.25) is 0 Å². The summed E-state index contributed by atoms with van der Waals surface area (Å²) in [6, 6.07) is 8.66. The molecule has 3 saturated heterocycles. The molecule has 4 unspecified atom stereocenters. The molecule has 50 heavy (non-hydrogen) atoms. The summed E-state index contributed by atoms with van der Waals surface area (Å²) in [4.78, 5) is 11.2. The van der Waals surface area contributed by atoms with Gasteiger partial charge in [0.05, 0.1) is 53.4 Å². The normalized spacial score (nSPS) is 31.6. The van der Waals surface area contributed by atoms with Crippen molar-refractivity contribution < 1.29 is 36.6 Å². The summed E-state index contributed by atoms with van der Waals surface area (Å²) in [6.07, 6.45) is 5.43. The highest BCUT2D eigenvalue weighted by Gasteiger charge is 2.49. The van der Waals surface area contributed by atoms with Crippen molar-refractivity contribution in [3.63, 3.8) is 0 Å². The number of sulfone groups is 1. The Balaban J connectivity index is 1.48. The summed E-state index contributed by atoms with van der Waals surface area (Å²) in [5, 5.41) is 0.114. The Morgan fingerprint density at radius 2 is 1.68 bits per heavy atom. The summed E-state index contributed by atoms with van der Waals surface area (Å²) < 4.78 is 60.1. The first-order chi connectivity index (χ1) is 23.5. The second-order valence-corrected chi connectivity index (χ2v) is 23.6. The standard InChI is InChI=1S/C40H64O8SSi/c1-27(25-45-50(9,10)40(5,6)7)21-38-39(44-8)34(26-49(42,43)33-16-12-11-13-17-33)37(48-38)24-36-30(4)28(2)22-32(47-36)18-19-35-29(3)23-31(46-35)15-14-20-41/h11-13,16-17,20,27-28,31-32,34-39H,3-4,14-15,18-19,21-26H2,1-2,5-10H3/t27-,28+,31-,32?,34-,35?,36?,37?,38+,39+/m0/s1. The van der Waals surface area contributed by atoms with Crippen molar-refractivity contribution in [2.24, 2.45) is 17.8 Å². The van der Waals surface area contributed by atoms with Crippen molar-refractivity contribution in [2.45, 2.75) is 152 Å². The minimum Gasteiger partial charge on any atom is -0.417 e. The number of carbonyl (C=O) groups is 1. The van der Waals surface area contributed by atoms with E-state index in [0.29, 0.717) is 30.8 Å². The lowest BCUT2D eigenvalue weighted by Crippen LogP contribution is -2.42. The minimum atomic E-state index is -3.61. The van der Waals surface area contributed by atoms with Crippen LogP contribution in [0.15, 0.2) is 59.5 Å². The molecular formula is C40H64O8SSi. The van der Waals surface area contributed by atoms with Crippen molar-refractivity contribution in [3.05, 3.63) is 54.6 Å². The highest BCUT2D eigenvalue weighted by Crippen LogP contribution is 2.42. The first-order valence-corrected chi connectivity index (χ1v) is 23.2. The molecular weight excluding hydrogens is 669 g/mol. The van der Waals surface area contributed by atoms with Gasteiger partial charge in [-0.15, -0.1) is 0 Å². The summed E-state index contributed by atoms with van der Waals surface area (Å²) >= 11 is 0. The molecule has 3 heterocycles. The monoisotopic (exact) mass is 732 g/mol. The van der Waals surface area contributed by atoms with E-state index >= 15 is 0 Å². The van der Waals surface area contributed by atoms with Gasteiger partial charge in [-0.25, -0.2) is 8.42 Å². The van der Waals surface area contributed by atoms with Crippen LogP contribution in [0, 0.1) is 17.8 Å². The molecule has 0 bridgehead atoms. The van der Waals surface area contributed by atoms with Gasteiger partial charge in [-0.05, 0) is 91.8 Å². The van der Waals surface area contributed by atoms with Crippen LogP contribution in [0.5, 0.6) is 0 Å². The summed E-state index contributed by atoms with van der Waals surface area (Å²) in [6.45, 7) is 25.0. The molecule has 1 aromatic carbocycles. The third-order valence-corrected chi connectivity index (χ3v) is 18.0. The van der Waals surface area contributed by atoms with Crippen LogP contribution in [-0.2, 0) is 38.0 Å². The summed E-state index contributed by atoms with van der Waals surface area (Å²) in [5.41, 5.74) is 2.12. The smallest absolute Gasteiger partial charge is 0.191 e. The zero-order valence-corrected chi connectivity index (χ0v) is 33.7. The number of carbonyl (C=O) groups excluding carboxylic acids is 1. The Morgan fingerprint density at radius 3 is 2.32 bits per heavy atom. The van der Waals surface area contributed by atoms with Crippen LogP contribution in [0.2, 0.25) is 18.1 Å². The first kappa shape index (κ1) is 41.1. The predicted octanol–water partition coefficient (Wildman–Crippen LogP) is 8.12. The largest absolute Gasteiger partial charge is 0.417 e. The Hall–Kier alpha value is -1.66. The number of aldehydes is 1. The van der Waals surface area contributed by atoms with Gasteiger partial charge in [-0.3, -0.25) is 0 Å². The molecule has 10 heteroatoms. The molecule has 0 saturated carbocycles. The Morgan fingerprint density at radius 1 is 1.00 bits per heavy atom. The van der Waals surface area contributed by atoms with Crippen LogP contribution < -0.4 is 0 Å². The second-order valence-electron chi connectivity index (χ2n) is 16.7. The Kier molecular flexibility index (Phi) is 14.3. The quantitative estimate of drug-likeness (QED) is 0.0901. The molecule has 0 spiro atoms. The maximum Gasteiger partial charge on any atom is 0.191 e. The van der Waals surface area contributed by atoms with Crippen molar-refractivity contribution >= 4 is 24.4 Å². The van der Waals surface area contributed by atoms with Gasteiger partial charge in [-0.2, -0.15) is 0 Å². The average molecular weight is 733 g/mol. The SMILES string of the molecule is C=C1C[C@H](CCC=O)OC1CCC1C[C@@H](C)C(=C)C(CC2O[C@H](C[C@H](C)CO[Si](C)(C)C(C)(C)C)[C@H](OC)[C@H]2CS(=O)(=O)c2ccccc2)O1. The Labute approximate surface area is 303 Å². The molecule has 0 N–H and O–H groups in total. The zero-order chi connectivity index (χ0) is 36.9. The van der Waals surface area contributed by atoms with Crippen LogP contribution in [0.1, 0.15) is 86.0 Å². The number of hydrogen-bond donors (Lipinski definition) is 0. The Bertz CT molecular complexity index is 1390. The first-order valence-electron chi connectivity index (χ1n) is 18.7. The van der Waals surface area contributed by atoms with E-state index in [1.807, 2.05) is 6.07 Å². The number of rotatable bonds is 17. The number of ether oxygens (including phenoxy) is 4. The van der Waals surface area contributed by atoms with Gasteiger partial charge < -0.3 is 28.2 Å². The van der Waals surface area contributed by atoms with Gasteiger partial charge in [-0.1, -0.05) is 66.0 Å². The minimum absolute atomic E-state index is 0.0142. The molecule has 3 fully saturated rings. The van der Waals surface area contributed by atoms with Crippen LogP contribution >= 0.6 is 0 Å². The van der Waals surface area contributed by atoms with E-state index in [4.69, 9.17) is 23.4 Å². The molecule has 1 aromatic rings. The third kappa shape index (κ3) is 10.5.